The van der Waals surface area contributed by atoms with Crippen LogP contribution in [-0.2, 0) is 0 Å². The molecule has 106 valence electrons. The number of nitrogens with one attached hydrogen (secondary N) is 1. The Morgan fingerprint density at radius 2 is 1.83 bits per heavy atom. The van der Waals surface area contributed by atoms with E-state index in [4.69, 9.17) is 0 Å². The van der Waals surface area contributed by atoms with E-state index in [0.29, 0.717) is 0 Å². The standard InChI is InChI=1S/C15H31N3/c1-3-16-14-8-4-5-9-15(14)17(2)12-13-18-10-6-7-11-18/h14-16H,3-13H2,1-2H3. The number of hydrogen-bond donors (Lipinski definition) is 1. The highest BCUT2D eigenvalue weighted by atomic mass is 15.2. The Kier molecular flexibility index (Phi) is 5.93. The van der Waals surface area contributed by atoms with E-state index in [2.05, 4.69) is 29.1 Å². The number of hydrogen-bond acceptors (Lipinski definition) is 3. The molecule has 2 fully saturated rings. The van der Waals surface area contributed by atoms with E-state index in [1.807, 2.05) is 0 Å². The molecule has 1 aliphatic carbocycles. The maximum Gasteiger partial charge on any atom is 0.0246 e. The van der Waals surface area contributed by atoms with Crippen LogP contribution in [0.25, 0.3) is 0 Å². The first kappa shape index (κ1) is 14.3. The maximum absolute atomic E-state index is 3.69. The Labute approximate surface area is 113 Å². The number of rotatable bonds is 6. The molecule has 3 nitrogen and oxygen atoms in total. The minimum Gasteiger partial charge on any atom is -0.313 e. The molecular weight excluding hydrogens is 222 g/mol. The first-order valence-electron chi connectivity index (χ1n) is 7.97. The van der Waals surface area contributed by atoms with Gasteiger partial charge < -0.3 is 15.1 Å². The van der Waals surface area contributed by atoms with Crippen LogP contribution in [-0.4, -0.2) is 61.7 Å². The van der Waals surface area contributed by atoms with Gasteiger partial charge in [-0.25, -0.2) is 0 Å². The molecule has 0 aromatic carbocycles. The van der Waals surface area contributed by atoms with Gasteiger partial charge in [0.25, 0.3) is 0 Å². The zero-order chi connectivity index (χ0) is 12.8. The molecule has 0 radical (unpaired) electrons. The summed E-state index contributed by atoms with van der Waals surface area (Å²) >= 11 is 0. The minimum absolute atomic E-state index is 0.729. The van der Waals surface area contributed by atoms with Gasteiger partial charge in [-0.1, -0.05) is 19.8 Å². The van der Waals surface area contributed by atoms with Crippen LogP contribution >= 0.6 is 0 Å². The highest BCUT2D eigenvalue weighted by Gasteiger charge is 2.27. The second-order valence-electron chi connectivity index (χ2n) is 6.05. The Bertz CT molecular complexity index is 224. The molecule has 1 saturated carbocycles. The van der Waals surface area contributed by atoms with Crippen LogP contribution in [0, 0.1) is 0 Å². The first-order valence-corrected chi connectivity index (χ1v) is 7.97. The van der Waals surface area contributed by atoms with E-state index < -0.39 is 0 Å². The monoisotopic (exact) mass is 253 g/mol. The van der Waals surface area contributed by atoms with Crippen molar-refractivity contribution in [3.8, 4) is 0 Å². The highest BCUT2D eigenvalue weighted by Crippen LogP contribution is 2.22. The van der Waals surface area contributed by atoms with Crippen molar-refractivity contribution in [3.05, 3.63) is 0 Å². The van der Waals surface area contributed by atoms with E-state index >= 15 is 0 Å². The normalized spacial score (nSPS) is 30.2. The topological polar surface area (TPSA) is 18.5 Å². The fraction of sp³-hybridized carbons (Fsp3) is 1.00. The Hall–Kier alpha value is -0.120. The second-order valence-corrected chi connectivity index (χ2v) is 6.05. The van der Waals surface area contributed by atoms with Crippen molar-refractivity contribution >= 4 is 0 Å². The van der Waals surface area contributed by atoms with Crippen molar-refractivity contribution in [2.45, 2.75) is 57.5 Å². The smallest absolute Gasteiger partial charge is 0.0246 e. The summed E-state index contributed by atoms with van der Waals surface area (Å²) in [5, 5.41) is 3.69. The third kappa shape index (κ3) is 3.94. The lowest BCUT2D eigenvalue weighted by Gasteiger charge is -2.39. The average Bonchev–Trinajstić information content (AvgIpc) is 2.90. The molecule has 1 N–H and O–H groups in total. The molecule has 0 aromatic heterocycles. The molecule has 3 heteroatoms. The molecule has 0 aromatic rings. The van der Waals surface area contributed by atoms with Crippen LogP contribution in [0.15, 0.2) is 0 Å². The lowest BCUT2D eigenvalue weighted by atomic mass is 9.89. The third-order valence-electron chi connectivity index (χ3n) is 4.73. The molecule has 1 aliphatic heterocycles. The summed E-state index contributed by atoms with van der Waals surface area (Å²) in [6.07, 6.45) is 8.40. The predicted molar refractivity (Wildman–Crippen MR) is 78.0 cm³/mol. The Morgan fingerprint density at radius 3 is 2.56 bits per heavy atom. The van der Waals surface area contributed by atoms with Gasteiger partial charge >= 0.3 is 0 Å². The highest BCUT2D eigenvalue weighted by molar-refractivity contribution is 4.87. The van der Waals surface area contributed by atoms with Crippen LogP contribution in [0.1, 0.15) is 45.4 Å². The summed E-state index contributed by atoms with van der Waals surface area (Å²) in [5.74, 6) is 0. The lowest BCUT2D eigenvalue weighted by Crippen LogP contribution is -2.51. The molecule has 2 unspecified atom stereocenters. The molecule has 2 aliphatic rings. The van der Waals surface area contributed by atoms with Crippen molar-refractivity contribution in [1.82, 2.24) is 15.1 Å². The number of likely N-dealkylation sites (N-methyl/N-ethyl adjacent to an activating group) is 2. The molecule has 0 bridgehead atoms. The van der Waals surface area contributed by atoms with Gasteiger partial charge in [0.05, 0.1) is 0 Å². The summed E-state index contributed by atoms with van der Waals surface area (Å²) in [7, 11) is 2.33. The molecule has 1 saturated heterocycles. The van der Waals surface area contributed by atoms with Crippen molar-refractivity contribution in [1.29, 1.82) is 0 Å². The van der Waals surface area contributed by atoms with Crippen LogP contribution in [0.4, 0.5) is 0 Å². The van der Waals surface area contributed by atoms with Crippen molar-refractivity contribution < 1.29 is 0 Å². The second kappa shape index (κ2) is 7.46. The summed E-state index contributed by atoms with van der Waals surface area (Å²) in [5.41, 5.74) is 0. The van der Waals surface area contributed by atoms with Gasteiger partial charge in [0, 0.05) is 25.2 Å². The third-order valence-corrected chi connectivity index (χ3v) is 4.73. The van der Waals surface area contributed by atoms with E-state index in [0.717, 1.165) is 18.6 Å². The first-order chi connectivity index (χ1) is 8.81. The van der Waals surface area contributed by atoms with Crippen molar-refractivity contribution in [2.24, 2.45) is 0 Å². The summed E-state index contributed by atoms with van der Waals surface area (Å²) in [6, 6.07) is 1.49. The molecule has 2 rings (SSSR count). The van der Waals surface area contributed by atoms with Gasteiger partial charge in [-0.3, -0.25) is 0 Å². The fourth-order valence-electron chi connectivity index (χ4n) is 3.61. The molecule has 1 heterocycles. The summed E-state index contributed by atoms with van der Waals surface area (Å²) in [6.45, 7) is 8.51. The molecule has 0 amide bonds. The number of nitrogens with zero attached hydrogens (tertiary/aromatic N) is 2. The van der Waals surface area contributed by atoms with E-state index in [-0.39, 0.29) is 0 Å². The molecule has 2 atom stereocenters. The summed E-state index contributed by atoms with van der Waals surface area (Å²) < 4.78 is 0. The quantitative estimate of drug-likeness (QED) is 0.780. The van der Waals surface area contributed by atoms with Gasteiger partial charge in [-0.2, -0.15) is 0 Å². The SMILES string of the molecule is CCNC1CCCCC1N(C)CCN1CCCC1. The van der Waals surface area contributed by atoms with Crippen molar-refractivity contribution in [3.63, 3.8) is 0 Å². The minimum atomic E-state index is 0.729. The van der Waals surface area contributed by atoms with E-state index in [9.17, 15) is 0 Å². The maximum atomic E-state index is 3.69. The van der Waals surface area contributed by atoms with Gasteiger partial charge in [0.2, 0.25) is 0 Å². The molecule has 18 heavy (non-hydrogen) atoms. The van der Waals surface area contributed by atoms with E-state index in [1.54, 1.807) is 0 Å². The van der Waals surface area contributed by atoms with Crippen LogP contribution in [0.5, 0.6) is 0 Å². The number of likely N-dealkylation sites (tertiary alicyclic amines) is 1. The van der Waals surface area contributed by atoms with E-state index in [1.165, 1.54) is 64.7 Å². The largest absolute Gasteiger partial charge is 0.313 e. The van der Waals surface area contributed by atoms with Gasteiger partial charge in [-0.05, 0) is 52.4 Å². The lowest BCUT2D eigenvalue weighted by molar-refractivity contribution is 0.137. The summed E-state index contributed by atoms with van der Waals surface area (Å²) in [4.78, 5) is 5.24. The predicted octanol–water partition coefficient (Wildman–Crippen LogP) is 1.93. The Balaban J connectivity index is 1.75. The van der Waals surface area contributed by atoms with Crippen LogP contribution in [0.3, 0.4) is 0 Å². The zero-order valence-electron chi connectivity index (χ0n) is 12.3. The van der Waals surface area contributed by atoms with Gasteiger partial charge in [-0.15, -0.1) is 0 Å². The van der Waals surface area contributed by atoms with Crippen LogP contribution < -0.4 is 5.32 Å². The van der Waals surface area contributed by atoms with Crippen molar-refractivity contribution in [2.75, 3.05) is 39.8 Å². The average molecular weight is 253 g/mol. The zero-order valence-corrected chi connectivity index (χ0v) is 12.3. The molecule has 0 spiro atoms. The Morgan fingerprint density at radius 1 is 1.11 bits per heavy atom. The van der Waals surface area contributed by atoms with Gasteiger partial charge in [0.1, 0.15) is 0 Å². The van der Waals surface area contributed by atoms with Crippen LogP contribution in [0.2, 0.25) is 0 Å². The van der Waals surface area contributed by atoms with Gasteiger partial charge in [0.15, 0.2) is 0 Å². The fourth-order valence-corrected chi connectivity index (χ4v) is 3.61. The molecular formula is C15H31N3.